The average molecular weight is 351 g/mol. The molecule has 1 amide bonds. The highest BCUT2D eigenvalue weighted by Gasteiger charge is 2.20. The number of hydrogen-bond donors (Lipinski definition) is 0. The Morgan fingerprint density at radius 1 is 1.43 bits per heavy atom. The Morgan fingerprint density at radius 2 is 2.24 bits per heavy atom. The van der Waals surface area contributed by atoms with Gasteiger partial charge in [0.2, 0.25) is 0 Å². The zero-order valence-corrected chi connectivity index (χ0v) is 12.6. The van der Waals surface area contributed by atoms with Crippen molar-refractivity contribution in [3.8, 4) is 6.07 Å². The zero-order valence-electron chi connectivity index (χ0n) is 11.1. The van der Waals surface area contributed by atoms with Crippen molar-refractivity contribution in [3.63, 3.8) is 0 Å². The van der Waals surface area contributed by atoms with Crippen LogP contribution in [-0.4, -0.2) is 17.4 Å². The van der Waals surface area contributed by atoms with Crippen molar-refractivity contribution in [2.24, 2.45) is 0 Å². The van der Waals surface area contributed by atoms with Crippen molar-refractivity contribution in [2.45, 2.75) is 13.0 Å². The van der Waals surface area contributed by atoms with Crippen molar-refractivity contribution < 1.29 is 13.6 Å². The predicted octanol–water partition coefficient (Wildman–Crippen LogP) is 3.74. The van der Waals surface area contributed by atoms with Gasteiger partial charge in [-0.15, -0.1) is 0 Å². The van der Waals surface area contributed by atoms with E-state index in [0.717, 1.165) is 0 Å². The van der Waals surface area contributed by atoms with Crippen molar-refractivity contribution in [1.29, 1.82) is 5.26 Å². The Balaban J connectivity index is 2.24. The van der Waals surface area contributed by atoms with E-state index in [2.05, 4.69) is 15.9 Å². The lowest BCUT2D eigenvalue weighted by Gasteiger charge is -2.21. The molecule has 1 heterocycles. The monoisotopic (exact) mass is 350 g/mol. The van der Waals surface area contributed by atoms with Crippen LogP contribution in [0.15, 0.2) is 45.5 Å². The van der Waals surface area contributed by atoms with Crippen molar-refractivity contribution >= 4 is 21.8 Å². The summed E-state index contributed by atoms with van der Waals surface area (Å²) in [7, 11) is 0. The van der Waals surface area contributed by atoms with E-state index in [1.807, 2.05) is 6.07 Å². The molecule has 0 saturated heterocycles. The molecule has 1 aromatic carbocycles. The second-order valence-electron chi connectivity index (χ2n) is 4.34. The zero-order chi connectivity index (χ0) is 15.2. The molecule has 0 unspecified atom stereocenters. The van der Waals surface area contributed by atoms with Crippen LogP contribution in [0, 0.1) is 17.1 Å². The lowest BCUT2D eigenvalue weighted by atomic mass is 10.1. The van der Waals surface area contributed by atoms with Gasteiger partial charge in [0.1, 0.15) is 11.6 Å². The van der Waals surface area contributed by atoms with Gasteiger partial charge in [0.05, 0.1) is 30.9 Å². The summed E-state index contributed by atoms with van der Waals surface area (Å²) in [6.45, 7) is 0.404. The Labute approximate surface area is 129 Å². The van der Waals surface area contributed by atoms with E-state index in [4.69, 9.17) is 9.68 Å². The number of carbonyl (C=O) groups excluding carboxylic acids is 1. The summed E-state index contributed by atoms with van der Waals surface area (Å²) < 4.78 is 19.6. The van der Waals surface area contributed by atoms with Crippen LogP contribution >= 0.6 is 15.9 Å². The van der Waals surface area contributed by atoms with Gasteiger partial charge in [0.15, 0.2) is 0 Å². The number of hydrogen-bond acceptors (Lipinski definition) is 3. The minimum absolute atomic E-state index is 0.0335. The smallest absolute Gasteiger partial charge is 0.257 e. The number of halogens is 2. The summed E-state index contributed by atoms with van der Waals surface area (Å²) in [6.07, 6.45) is 1.67. The van der Waals surface area contributed by atoms with E-state index in [0.29, 0.717) is 10.2 Å². The fourth-order valence-corrected chi connectivity index (χ4v) is 2.22. The summed E-state index contributed by atoms with van der Waals surface area (Å²) in [4.78, 5) is 13.9. The Hall–Kier alpha value is -2.13. The first-order chi connectivity index (χ1) is 10.1. The fourth-order valence-electron chi connectivity index (χ4n) is 1.86. The quantitative estimate of drug-likeness (QED) is 0.825. The number of carbonyl (C=O) groups is 1. The number of nitrogens with zero attached hydrogens (tertiary/aromatic N) is 2. The number of furan rings is 1. The molecule has 0 radical (unpaired) electrons. The highest BCUT2D eigenvalue weighted by molar-refractivity contribution is 9.10. The van der Waals surface area contributed by atoms with Crippen LogP contribution in [-0.2, 0) is 6.54 Å². The predicted molar refractivity (Wildman–Crippen MR) is 77.8 cm³/mol. The molecule has 0 aliphatic carbocycles. The Kier molecular flexibility index (Phi) is 5.12. The second kappa shape index (κ2) is 7.04. The lowest BCUT2D eigenvalue weighted by molar-refractivity contribution is 0.0730. The fraction of sp³-hybridized carbons (Fsp3) is 0.200. The SMILES string of the molecule is N#CCCN(Cc1ccco1)C(=O)c1cc(Br)ccc1F. The number of rotatable bonds is 5. The van der Waals surface area contributed by atoms with Gasteiger partial charge < -0.3 is 9.32 Å². The van der Waals surface area contributed by atoms with Gasteiger partial charge in [-0.05, 0) is 30.3 Å². The number of nitriles is 1. The maximum Gasteiger partial charge on any atom is 0.257 e. The second-order valence-corrected chi connectivity index (χ2v) is 5.25. The molecule has 2 aromatic rings. The lowest BCUT2D eigenvalue weighted by Crippen LogP contribution is -2.32. The highest BCUT2D eigenvalue weighted by atomic mass is 79.9. The van der Waals surface area contributed by atoms with Crippen molar-refractivity contribution in [1.82, 2.24) is 4.90 Å². The molecular weight excluding hydrogens is 339 g/mol. The topological polar surface area (TPSA) is 57.2 Å². The first-order valence-electron chi connectivity index (χ1n) is 6.25. The van der Waals surface area contributed by atoms with E-state index >= 15 is 0 Å². The number of benzene rings is 1. The molecule has 1 aromatic heterocycles. The molecule has 0 N–H and O–H groups in total. The largest absolute Gasteiger partial charge is 0.467 e. The summed E-state index contributed by atoms with van der Waals surface area (Å²) >= 11 is 3.22. The average Bonchev–Trinajstić information content (AvgIpc) is 2.98. The molecular formula is C15H12BrFN2O2. The van der Waals surface area contributed by atoms with Crippen LogP contribution in [0.4, 0.5) is 4.39 Å². The van der Waals surface area contributed by atoms with E-state index in [-0.39, 0.29) is 25.1 Å². The third-order valence-corrected chi connectivity index (χ3v) is 3.36. The van der Waals surface area contributed by atoms with E-state index in [1.165, 1.54) is 29.4 Å². The summed E-state index contributed by atoms with van der Waals surface area (Å²) in [6, 6.07) is 9.60. The third-order valence-electron chi connectivity index (χ3n) is 2.87. The molecule has 0 aliphatic heterocycles. The first-order valence-corrected chi connectivity index (χ1v) is 7.05. The molecule has 4 nitrogen and oxygen atoms in total. The maximum absolute atomic E-state index is 13.8. The standard InChI is InChI=1S/C15H12BrFN2O2/c16-11-4-5-14(17)13(9-11)15(20)19(7-2-6-18)10-12-3-1-8-21-12/h1,3-5,8-9H,2,7,10H2. The Bertz CT molecular complexity index is 665. The highest BCUT2D eigenvalue weighted by Crippen LogP contribution is 2.18. The van der Waals surface area contributed by atoms with Crippen LogP contribution in [0.25, 0.3) is 0 Å². The maximum atomic E-state index is 13.8. The van der Waals surface area contributed by atoms with Gasteiger partial charge in [-0.2, -0.15) is 5.26 Å². The summed E-state index contributed by atoms with van der Waals surface area (Å²) in [5.41, 5.74) is -0.0335. The number of amides is 1. The molecule has 0 spiro atoms. The van der Waals surface area contributed by atoms with Crippen molar-refractivity contribution in [2.75, 3.05) is 6.54 Å². The molecule has 21 heavy (non-hydrogen) atoms. The molecule has 0 fully saturated rings. The Morgan fingerprint density at radius 3 is 2.90 bits per heavy atom. The van der Waals surface area contributed by atoms with Gasteiger partial charge in [-0.3, -0.25) is 4.79 Å². The molecule has 2 rings (SSSR count). The molecule has 0 aliphatic rings. The summed E-state index contributed by atoms with van der Waals surface area (Å²) in [5.74, 6) is -0.484. The summed E-state index contributed by atoms with van der Waals surface area (Å²) in [5, 5.41) is 8.70. The van der Waals surface area contributed by atoms with E-state index < -0.39 is 11.7 Å². The minimum Gasteiger partial charge on any atom is -0.467 e. The van der Waals surface area contributed by atoms with Gasteiger partial charge >= 0.3 is 0 Å². The van der Waals surface area contributed by atoms with E-state index in [1.54, 1.807) is 12.1 Å². The van der Waals surface area contributed by atoms with Gasteiger partial charge in [0.25, 0.3) is 5.91 Å². The van der Waals surface area contributed by atoms with Crippen LogP contribution in [0.3, 0.4) is 0 Å². The molecule has 0 bridgehead atoms. The van der Waals surface area contributed by atoms with Gasteiger partial charge in [-0.25, -0.2) is 4.39 Å². The third kappa shape index (κ3) is 3.92. The minimum atomic E-state index is -0.593. The molecule has 0 atom stereocenters. The van der Waals surface area contributed by atoms with Crippen LogP contribution in [0.5, 0.6) is 0 Å². The molecule has 0 saturated carbocycles. The van der Waals surface area contributed by atoms with Crippen LogP contribution < -0.4 is 0 Å². The van der Waals surface area contributed by atoms with Gasteiger partial charge in [0, 0.05) is 11.0 Å². The first kappa shape index (κ1) is 15.3. The van der Waals surface area contributed by atoms with Gasteiger partial charge in [-0.1, -0.05) is 15.9 Å². The van der Waals surface area contributed by atoms with Crippen LogP contribution in [0.2, 0.25) is 0 Å². The van der Waals surface area contributed by atoms with Crippen LogP contribution in [0.1, 0.15) is 22.5 Å². The normalized spacial score (nSPS) is 10.1. The molecule has 6 heteroatoms. The van der Waals surface area contributed by atoms with Crippen molar-refractivity contribution in [3.05, 3.63) is 58.2 Å². The molecule has 108 valence electrons. The van der Waals surface area contributed by atoms with E-state index in [9.17, 15) is 9.18 Å².